The Morgan fingerprint density at radius 1 is 1.27 bits per heavy atom. The average Bonchev–Trinajstić information content (AvgIpc) is 2.99. The maximum absolute atomic E-state index is 12.5. The van der Waals surface area contributed by atoms with Crippen molar-refractivity contribution in [1.29, 1.82) is 0 Å². The van der Waals surface area contributed by atoms with Crippen LogP contribution in [0, 0.1) is 0 Å². The van der Waals surface area contributed by atoms with Gasteiger partial charge in [-0.3, -0.25) is 14.3 Å². The number of nitrogens with zero attached hydrogens (tertiary/aromatic N) is 4. The summed E-state index contributed by atoms with van der Waals surface area (Å²) in [6, 6.07) is 8.31. The number of carbonyl (C=O) groups is 1. The highest BCUT2D eigenvalue weighted by molar-refractivity contribution is 5.75. The quantitative estimate of drug-likeness (QED) is 0.615. The van der Waals surface area contributed by atoms with E-state index in [0.717, 1.165) is 75.4 Å². The highest BCUT2D eigenvalue weighted by Crippen LogP contribution is 2.15. The normalized spacial score (nSPS) is 16.9. The van der Waals surface area contributed by atoms with E-state index < -0.39 is 0 Å². The molecular formula is C24H35N5O4. The molecule has 1 amide bonds. The number of likely N-dealkylation sites (N-methyl/N-ethyl adjacent to an activating group) is 1. The minimum absolute atomic E-state index is 0.0619. The molecule has 0 unspecified atom stereocenters. The predicted octanol–water partition coefficient (Wildman–Crippen LogP) is 1.58. The van der Waals surface area contributed by atoms with Gasteiger partial charge in [-0.1, -0.05) is 18.6 Å². The topological polar surface area (TPSA) is 90.6 Å². The number of rotatable bonds is 9. The number of fused-ring (bicyclic) bond motifs is 1. The molecule has 0 saturated carbocycles. The van der Waals surface area contributed by atoms with Gasteiger partial charge in [-0.2, -0.15) is 5.10 Å². The number of ether oxygens (including phenoxy) is 2. The monoisotopic (exact) mass is 457 g/mol. The van der Waals surface area contributed by atoms with E-state index in [1.807, 2.05) is 24.3 Å². The Bertz CT molecular complexity index is 979. The van der Waals surface area contributed by atoms with Gasteiger partial charge in [0, 0.05) is 45.3 Å². The van der Waals surface area contributed by atoms with Crippen molar-refractivity contribution < 1.29 is 14.3 Å². The van der Waals surface area contributed by atoms with Crippen molar-refractivity contribution in [2.75, 3.05) is 33.4 Å². The number of aryl methyl sites for hydroxylation is 1. The second-order valence-corrected chi connectivity index (χ2v) is 8.92. The molecule has 0 aliphatic carbocycles. The summed E-state index contributed by atoms with van der Waals surface area (Å²) < 4.78 is 14.4. The molecule has 0 radical (unpaired) electrons. The lowest BCUT2D eigenvalue weighted by Gasteiger charge is -2.31. The Labute approximate surface area is 194 Å². The van der Waals surface area contributed by atoms with Crippen LogP contribution in [-0.4, -0.2) is 64.6 Å². The Balaban J connectivity index is 1.23. The zero-order valence-electron chi connectivity index (χ0n) is 19.5. The van der Waals surface area contributed by atoms with E-state index in [4.69, 9.17) is 9.47 Å². The van der Waals surface area contributed by atoms with E-state index in [1.54, 1.807) is 4.57 Å². The molecule has 1 aromatic heterocycles. The first-order valence-electron chi connectivity index (χ1n) is 12.0. The first-order valence-corrected chi connectivity index (χ1v) is 12.0. The highest BCUT2D eigenvalue weighted by atomic mass is 16.5. The molecule has 1 saturated heterocycles. The van der Waals surface area contributed by atoms with Crippen molar-refractivity contribution in [3.63, 3.8) is 0 Å². The van der Waals surface area contributed by atoms with Crippen LogP contribution in [0.2, 0.25) is 0 Å². The van der Waals surface area contributed by atoms with Crippen molar-refractivity contribution in [2.24, 2.45) is 0 Å². The SMILES string of the molecule is CN(CCOc1cccc(CNC(=O)Cn2nc3n(c2=O)CCCCC3)c1)C1CCOCC1. The molecule has 33 heavy (non-hydrogen) atoms. The largest absolute Gasteiger partial charge is 0.492 e. The Morgan fingerprint density at radius 3 is 2.97 bits per heavy atom. The predicted molar refractivity (Wildman–Crippen MR) is 124 cm³/mol. The van der Waals surface area contributed by atoms with Crippen LogP contribution in [-0.2, 0) is 35.6 Å². The summed E-state index contributed by atoms with van der Waals surface area (Å²) in [6.07, 6.45) is 6.06. The Hall–Kier alpha value is -2.65. The number of hydrogen-bond donors (Lipinski definition) is 1. The van der Waals surface area contributed by atoms with E-state index in [1.165, 1.54) is 4.68 Å². The van der Waals surface area contributed by atoms with Gasteiger partial charge in [0.2, 0.25) is 5.91 Å². The molecule has 0 bridgehead atoms. The van der Waals surface area contributed by atoms with Crippen LogP contribution in [0.3, 0.4) is 0 Å². The molecular weight excluding hydrogens is 422 g/mol. The number of benzene rings is 1. The van der Waals surface area contributed by atoms with Crippen LogP contribution < -0.4 is 15.7 Å². The molecule has 0 atom stereocenters. The van der Waals surface area contributed by atoms with Gasteiger partial charge in [0.25, 0.3) is 0 Å². The van der Waals surface area contributed by atoms with Gasteiger partial charge in [-0.15, -0.1) is 0 Å². The Morgan fingerprint density at radius 2 is 2.12 bits per heavy atom. The van der Waals surface area contributed by atoms with E-state index in [-0.39, 0.29) is 18.1 Å². The summed E-state index contributed by atoms with van der Waals surface area (Å²) in [5, 5.41) is 7.26. The molecule has 180 valence electrons. The number of hydrogen-bond acceptors (Lipinski definition) is 6. The highest BCUT2D eigenvalue weighted by Gasteiger charge is 2.18. The zero-order chi connectivity index (χ0) is 23.0. The molecule has 3 heterocycles. The third-order valence-corrected chi connectivity index (χ3v) is 6.49. The van der Waals surface area contributed by atoms with Crippen molar-refractivity contribution in [2.45, 2.75) is 64.2 Å². The van der Waals surface area contributed by atoms with E-state index in [2.05, 4.69) is 22.4 Å². The lowest BCUT2D eigenvalue weighted by atomic mass is 10.1. The summed E-state index contributed by atoms with van der Waals surface area (Å²) >= 11 is 0. The molecule has 4 rings (SSSR count). The van der Waals surface area contributed by atoms with E-state index >= 15 is 0 Å². The van der Waals surface area contributed by atoms with Gasteiger partial charge in [0.1, 0.15) is 24.7 Å². The van der Waals surface area contributed by atoms with Gasteiger partial charge in [0.05, 0.1) is 0 Å². The fraction of sp³-hybridized carbons (Fsp3) is 0.625. The maximum atomic E-state index is 12.5. The van der Waals surface area contributed by atoms with Gasteiger partial charge < -0.3 is 14.8 Å². The van der Waals surface area contributed by atoms with Crippen molar-refractivity contribution in [3.05, 3.63) is 46.1 Å². The van der Waals surface area contributed by atoms with Crippen molar-refractivity contribution in [1.82, 2.24) is 24.6 Å². The van der Waals surface area contributed by atoms with Crippen LogP contribution in [0.25, 0.3) is 0 Å². The van der Waals surface area contributed by atoms with E-state index in [0.29, 0.717) is 25.7 Å². The summed E-state index contributed by atoms with van der Waals surface area (Å²) in [5.41, 5.74) is 0.759. The fourth-order valence-corrected chi connectivity index (χ4v) is 4.48. The van der Waals surface area contributed by atoms with Crippen LogP contribution in [0.15, 0.2) is 29.1 Å². The average molecular weight is 458 g/mol. The van der Waals surface area contributed by atoms with E-state index in [9.17, 15) is 9.59 Å². The second-order valence-electron chi connectivity index (χ2n) is 8.92. The molecule has 1 N–H and O–H groups in total. The third kappa shape index (κ3) is 6.45. The van der Waals surface area contributed by atoms with Crippen molar-refractivity contribution in [3.8, 4) is 5.75 Å². The molecule has 2 aliphatic rings. The second kappa shape index (κ2) is 11.5. The zero-order valence-corrected chi connectivity index (χ0v) is 19.5. The maximum Gasteiger partial charge on any atom is 0.346 e. The summed E-state index contributed by atoms with van der Waals surface area (Å²) in [7, 11) is 2.13. The third-order valence-electron chi connectivity index (χ3n) is 6.49. The van der Waals surface area contributed by atoms with Crippen LogP contribution in [0.5, 0.6) is 5.75 Å². The number of aromatic nitrogens is 3. The molecule has 9 heteroatoms. The number of carbonyl (C=O) groups excluding carboxylic acids is 1. The van der Waals surface area contributed by atoms with Gasteiger partial charge in [-0.25, -0.2) is 9.48 Å². The molecule has 9 nitrogen and oxygen atoms in total. The smallest absolute Gasteiger partial charge is 0.346 e. The van der Waals surface area contributed by atoms with Gasteiger partial charge in [0.15, 0.2) is 0 Å². The lowest BCUT2D eigenvalue weighted by molar-refractivity contribution is -0.122. The molecule has 2 aliphatic heterocycles. The van der Waals surface area contributed by atoms with Crippen LogP contribution in [0.1, 0.15) is 43.5 Å². The summed E-state index contributed by atoms with van der Waals surface area (Å²) in [4.78, 5) is 27.3. The molecule has 1 aromatic carbocycles. The van der Waals surface area contributed by atoms with Gasteiger partial charge >= 0.3 is 5.69 Å². The Kier molecular flexibility index (Phi) is 8.17. The van der Waals surface area contributed by atoms with Crippen LogP contribution >= 0.6 is 0 Å². The lowest BCUT2D eigenvalue weighted by Crippen LogP contribution is -2.38. The molecule has 0 spiro atoms. The molecule has 2 aromatic rings. The first kappa shape index (κ1) is 23.5. The minimum atomic E-state index is -0.227. The standard InChI is InChI=1S/C24H35N5O4/c1-27(20-9-13-32-14-10-20)12-15-33-21-7-5-6-19(16-21)17-25-23(30)18-29-24(31)28-11-4-2-3-8-22(28)26-29/h5-7,16,20H,2-4,8-15,17-18H2,1H3,(H,25,30). The van der Waals surface area contributed by atoms with Crippen molar-refractivity contribution >= 4 is 5.91 Å². The minimum Gasteiger partial charge on any atom is -0.492 e. The molecule has 1 fully saturated rings. The summed E-state index contributed by atoms with van der Waals surface area (Å²) in [6.45, 7) is 4.14. The van der Waals surface area contributed by atoms with Crippen LogP contribution in [0.4, 0.5) is 0 Å². The first-order chi connectivity index (χ1) is 16.1. The number of nitrogens with one attached hydrogen (secondary N) is 1. The number of amides is 1. The summed E-state index contributed by atoms with van der Waals surface area (Å²) in [5.74, 6) is 1.35. The fourth-order valence-electron chi connectivity index (χ4n) is 4.48. The van der Waals surface area contributed by atoms with Gasteiger partial charge in [-0.05, 0) is 50.4 Å².